The van der Waals surface area contributed by atoms with Crippen molar-refractivity contribution in [2.45, 2.75) is 11.8 Å². The van der Waals surface area contributed by atoms with Gasteiger partial charge in [0.1, 0.15) is 11.5 Å². The summed E-state index contributed by atoms with van der Waals surface area (Å²) in [5.41, 5.74) is 0. The molecule has 0 aliphatic heterocycles. The molecule has 0 bridgehead atoms. The number of carbonyl (C=O) groups is 1. The summed E-state index contributed by atoms with van der Waals surface area (Å²) in [7, 11) is 0. The molecule has 0 amide bonds. The van der Waals surface area contributed by atoms with E-state index in [9.17, 15) is 13.6 Å². The van der Waals surface area contributed by atoms with Crippen molar-refractivity contribution < 1.29 is 23.0 Å². The smallest absolute Gasteiger partial charge is 0.335 e. The van der Waals surface area contributed by atoms with Crippen molar-refractivity contribution in [3.63, 3.8) is 0 Å². The number of hydrogen-bond acceptors (Lipinski definition) is 5. The molecule has 0 fully saturated rings. The van der Waals surface area contributed by atoms with E-state index in [2.05, 4.69) is 6.58 Å². The Morgan fingerprint density at radius 3 is 2.82 bits per heavy atom. The first kappa shape index (κ1) is 13.4. The van der Waals surface area contributed by atoms with Crippen molar-refractivity contribution in [1.29, 1.82) is 0 Å². The van der Waals surface area contributed by atoms with Gasteiger partial charge in [-0.1, -0.05) is 6.58 Å². The van der Waals surface area contributed by atoms with Crippen LogP contribution in [-0.2, 0) is 15.9 Å². The number of hydrogen-bond donors (Lipinski definition) is 0. The molecule has 0 heterocycles. The summed E-state index contributed by atoms with van der Waals surface area (Å²) in [6, 6.07) is 4.02. The van der Waals surface area contributed by atoms with E-state index in [-0.39, 0.29) is 16.4 Å². The Morgan fingerprint density at radius 1 is 1.59 bits per heavy atom. The maximum atomic E-state index is 11.0. The average molecular weight is 255 g/mol. The fourth-order valence-corrected chi connectivity index (χ4v) is 1.58. The lowest BCUT2D eigenvalue weighted by molar-refractivity contribution is -0.128. The zero-order valence-electron chi connectivity index (χ0n) is 9.17. The molecule has 1 aromatic carbocycles. The summed E-state index contributed by atoms with van der Waals surface area (Å²) < 4.78 is 31.8. The third-order valence-corrected chi connectivity index (χ3v) is 2.48. The Labute approximate surface area is 101 Å². The number of rotatable bonds is 5. The first-order chi connectivity index (χ1) is 8.08. The van der Waals surface area contributed by atoms with E-state index >= 15 is 0 Å². The lowest BCUT2D eigenvalue weighted by atomic mass is 10.3. The standard InChI is InChI=1S/C11H12O5S/c1-3-11(12)16-8-5-6-10(17(13)14)9(7-8)15-4-2/h3,5-7H,1,4H2,2H3,(H,13,14)/p-1. The SMILES string of the molecule is C=CC(=O)Oc1ccc(S(=O)[O-])c(OCC)c1. The molecular weight excluding hydrogens is 244 g/mol. The molecule has 1 rings (SSSR count). The fraction of sp³-hybridized carbons (Fsp3) is 0.182. The summed E-state index contributed by atoms with van der Waals surface area (Å²) in [6.45, 7) is 5.29. The van der Waals surface area contributed by atoms with Crippen molar-refractivity contribution in [3.05, 3.63) is 30.9 Å². The number of esters is 1. The molecule has 0 N–H and O–H groups in total. The minimum atomic E-state index is -2.40. The van der Waals surface area contributed by atoms with Crippen LogP contribution in [0.15, 0.2) is 35.7 Å². The Balaban J connectivity index is 3.04. The van der Waals surface area contributed by atoms with Gasteiger partial charge in [-0.25, -0.2) is 4.79 Å². The lowest BCUT2D eigenvalue weighted by Crippen LogP contribution is -2.04. The molecule has 17 heavy (non-hydrogen) atoms. The van der Waals surface area contributed by atoms with E-state index in [0.29, 0.717) is 6.61 Å². The highest BCUT2D eigenvalue weighted by molar-refractivity contribution is 7.79. The van der Waals surface area contributed by atoms with Crippen LogP contribution >= 0.6 is 0 Å². The minimum absolute atomic E-state index is 0.0188. The zero-order valence-corrected chi connectivity index (χ0v) is 9.99. The Kier molecular flexibility index (Phi) is 4.86. The van der Waals surface area contributed by atoms with E-state index in [1.807, 2.05) is 0 Å². The van der Waals surface area contributed by atoms with Gasteiger partial charge < -0.3 is 14.0 Å². The maximum Gasteiger partial charge on any atom is 0.335 e. The lowest BCUT2D eigenvalue weighted by Gasteiger charge is -2.13. The van der Waals surface area contributed by atoms with Gasteiger partial charge in [-0.15, -0.1) is 0 Å². The van der Waals surface area contributed by atoms with Crippen LogP contribution in [0.3, 0.4) is 0 Å². The van der Waals surface area contributed by atoms with E-state index in [4.69, 9.17) is 9.47 Å². The fourth-order valence-electron chi connectivity index (χ4n) is 1.12. The van der Waals surface area contributed by atoms with Crippen LogP contribution in [-0.4, -0.2) is 21.3 Å². The molecule has 0 saturated carbocycles. The molecule has 0 saturated heterocycles. The van der Waals surface area contributed by atoms with Crippen molar-refractivity contribution in [3.8, 4) is 11.5 Å². The van der Waals surface area contributed by atoms with Crippen molar-refractivity contribution >= 4 is 17.0 Å². The summed E-state index contributed by atoms with van der Waals surface area (Å²) in [5.74, 6) is -0.272. The van der Waals surface area contributed by atoms with Crippen LogP contribution in [0.5, 0.6) is 11.5 Å². The summed E-state index contributed by atoms with van der Waals surface area (Å²) in [5, 5.41) is 0. The van der Waals surface area contributed by atoms with Crippen molar-refractivity contribution in [2.24, 2.45) is 0 Å². The van der Waals surface area contributed by atoms with Crippen LogP contribution in [0.4, 0.5) is 0 Å². The van der Waals surface area contributed by atoms with Gasteiger partial charge in [0.15, 0.2) is 0 Å². The molecule has 0 aliphatic carbocycles. The van der Waals surface area contributed by atoms with Crippen molar-refractivity contribution in [1.82, 2.24) is 0 Å². The zero-order chi connectivity index (χ0) is 12.8. The molecule has 0 aliphatic rings. The van der Waals surface area contributed by atoms with Gasteiger partial charge in [-0.05, 0) is 30.1 Å². The van der Waals surface area contributed by atoms with Crippen molar-refractivity contribution in [2.75, 3.05) is 6.61 Å². The maximum absolute atomic E-state index is 11.0. The van der Waals surface area contributed by atoms with Gasteiger partial charge in [0.25, 0.3) is 0 Å². The molecule has 0 aromatic heterocycles. The van der Waals surface area contributed by atoms with Crippen LogP contribution in [0.2, 0.25) is 0 Å². The molecule has 5 nitrogen and oxygen atoms in total. The molecule has 0 spiro atoms. The van der Waals surface area contributed by atoms with Crippen LogP contribution in [0.25, 0.3) is 0 Å². The molecule has 1 aromatic rings. The summed E-state index contributed by atoms with van der Waals surface area (Å²) in [4.78, 5) is 11.0. The molecule has 6 heteroatoms. The number of ether oxygens (including phenoxy) is 2. The van der Waals surface area contributed by atoms with Crippen LogP contribution < -0.4 is 9.47 Å². The summed E-state index contributed by atoms with van der Waals surface area (Å²) >= 11 is -2.40. The third-order valence-electron chi connectivity index (χ3n) is 1.78. The van der Waals surface area contributed by atoms with E-state index in [0.717, 1.165) is 6.08 Å². The van der Waals surface area contributed by atoms with Gasteiger partial charge in [0.2, 0.25) is 0 Å². The number of benzene rings is 1. The highest BCUT2D eigenvalue weighted by Gasteiger charge is 2.08. The van der Waals surface area contributed by atoms with E-state index in [1.54, 1.807) is 6.92 Å². The van der Waals surface area contributed by atoms with Gasteiger partial charge in [-0.2, -0.15) is 0 Å². The second kappa shape index (κ2) is 6.17. The van der Waals surface area contributed by atoms with Gasteiger partial charge >= 0.3 is 5.97 Å². The second-order valence-electron chi connectivity index (χ2n) is 2.90. The van der Waals surface area contributed by atoms with Gasteiger partial charge in [0.05, 0.1) is 11.5 Å². The monoisotopic (exact) mass is 255 g/mol. The highest BCUT2D eigenvalue weighted by atomic mass is 32.2. The predicted molar refractivity (Wildman–Crippen MR) is 60.6 cm³/mol. The summed E-state index contributed by atoms with van der Waals surface area (Å²) in [6.07, 6.45) is 1.01. The first-order valence-electron chi connectivity index (χ1n) is 4.78. The van der Waals surface area contributed by atoms with E-state index < -0.39 is 17.0 Å². The molecule has 0 radical (unpaired) electrons. The third kappa shape index (κ3) is 3.69. The van der Waals surface area contributed by atoms with Crippen LogP contribution in [0, 0.1) is 0 Å². The Hall–Kier alpha value is -1.66. The van der Waals surface area contributed by atoms with E-state index in [1.165, 1.54) is 18.2 Å². The predicted octanol–water partition coefficient (Wildman–Crippen LogP) is 1.41. The average Bonchev–Trinajstić information content (AvgIpc) is 2.29. The quantitative estimate of drug-likeness (QED) is 0.344. The molecular formula is C11H11O5S-. The Morgan fingerprint density at radius 2 is 2.29 bits per heavy atom. The molecule has 1 atom stereocenters. The minimum Gasteiger partial charge on any atom is -0.768 e. The van der Waals surface area contributed by atoms with Gasteiger partial charge in [0, 0.05) is 12.1 Å². The topological polar surface area (TPSA) is 75.7 Å². The highest BCUT2D eigenvalue weighted by Crippen LogP contribution is 2.27. The second-order valence-corrected chi connectivity index (χ2v) is 3.81. The molecule has 1 unspecified atom stereocenters. The number of carbonyl (C=O) groups excluding carboxylic acids is 1. The van der Waals surface area contributed by atoms with Crippen LogP contribution in [0.1, 0.15) is 6.92 Å². The first-order valence-corrected chi connectivity index (χ1v) is 5.86. The Bertz CT molecular complexity index is 455. The molecule has 92 valence electrons. The van der Waals surface area contributed by atoms with Gasteiger partial charge in [-0.3, -0.25) is 4.21 Å². The normalized spacial score (nSPS) is 11.6. The largest absolute Gasteiger partial charge is 0.768 e.